The molecular formula is C10H7F3N2O. The maximum absolute atomic E-state index is 12.2. The number of aryl methyl sites for hydroxylation is 1. The Balaban J connectivity index is 3.16. The molecule has 0 aliphatic heterocycles. The molecule has 1 amide bonds. The van der Waals surface area contributed by atoms with Gasteiger partial charge in [0.2, 0.25) is 0 Å². The minimum Gasteiger partial charge on any atom is -0.263 e. The van der Waals surface area contributed by atoms with Gasteiger partial charge in [0, 0.05) is 0 Å². The van der Waals surface area contributed by atoms with E-state index >= 15 is 0 Å². The summed E-state index contributed by atoms with van der Waals surface area (Å²) < 4.78 is 36.5. The van der Waals surface area contributed by atoms with E-state index < -0.39 is 12.1 Å². The number of halogens is 3. The van der Waals surface area contributed by atoms with Crippen molar-refractivity contribution in [2.24, 2.45) is 0 Å². The highest BCUT2D eigenvalue weighted by Crippen LogP contribution is 2.25. The Morgan fingerprint density at radius 3 is 2.38 bits per heavy atom. The number of amides is 1. The maximum atomic E-state index is 12.2. The van der Waals surface area contributed by atoms with Gasteiger partial charge in [-0.15, -0.1) is 0 Å². The molecule has 0 saturated carbocycles. The number of carbonyl (C=O) groups excluding carboxylic acids is 1. The highest BCUT2D eigenvalue weighted by molar-refractivity contribution is 6.00. The molecule has 0 fully saturated rings. The average molecular weight is 228 g/mol. The number of hydrogen-bond acceptors (Lipinski definition) is 2. The summed E-state index contributed by atoms with van der Waals surface area (Å²) in [6.45, 7) is 1.52. The highest BCUT2D eigenvalue weighted by Gasteiger charge is 2.43. The van der Waals surface area contributed by atoms with Crippen LogP contribution in [0, 0.1) is 18.4 Å². The van der Waals surface area contributed by atoms with Crippen LogP contribution in [0.15, 0.2) is 24.3 Å². The zero-order chi connectivity index (χ0) is 12.3. The van der Waals surface area contributed by atoms with E-state index in [9.17, 15) is 18.0 Å². The van der Waals surface area contributed by atoms with Gasteiger partial charge in [-0.1, -0.05) is 18.2 Å². The molecule has 1 aromatic carbocycles. The van der Waals surface area contributed by atoms with Crippen LogP contribution in [-0.2, 0) is 4.79 Å². The zero-order valence-electron chi connectivity index (χ0n) is 8.25. The summed E-state index contributed by atoms with van der Waals surface area (Å²) in [4.78, 5) is 11.0. The smallest absolute Gasteiger partial charge is 0.263 e. The first-order chi connectivity index (χ1) is 7.38. The summed E-state index contributed by atoms with van der Waals surface area (Å²) in [7, 11) is 0. The van der Waals surface area contributed by atoms with Crippen LogP contribution in [0.1, 0.15) is 5.56 Å². The van der Waals surface area contributed by atoms with Gasteiger partial charge in [-0.2, -0.15) is 18.4 Å². The minimum absolute atomic E-state index is 0.0370. The molecule has 0 heterocycles. The topological polar surface area (TPSA) is 44.1 Å². The normalized spacial score (nSPS) is 10.7. The number of hydrogen-bond donors (Lipinski definition) is 0. The molecule has 0 aliphatic carbocycles. The zero-order valence-corrected chi connectivity index (χ0v) is 8.25. The lowest BCUT2D eigenvalue weighted by Gasteiger charge is -2.17. The van der Waals surface area contributed by atoms with E-state index in [2.05, 4.69) is 0 Å². The summed E-state index contributed by atoms with van der Waals surface area (Å²) in [6.07, 6.45) is -3.83. The van der Waals surface area contributed by atoms with Gasteiger partial charge in [-0.05, 0) is 18.6 Å². The maximum Gasteiger partial charge on any atom is 0.472 e. The molecule has 0 bridgehead atoms. The van der Waals surface area contributed by atoms with Crippen LogP contribution in [0.3, 0.4) is 0 Å². The van der Waals surface area contributed by atoms with Crippen LogP contribution >= 0.6 is 0 Å². The Labute approximate surface area is 89.7 Å². The van der Waals surface area contributed by atoms with Gasteiger partial charge in [0.05, 0.1) is 5.69 Å². The number of benzene rings is 1. The molecule has 0 spiro atoms. The van der Waals surface area contributed by atoms with Crippen molar-refractivity contribution >= 4 is 11.6 Å². The molecule has 0 unspecified atom stereocenters. The fourth-order valence-corrected chi connectivity index (χ4v) is 1.15. The number of nitriles is 1. The minimum atomic E-state index is -5.06. The first-order valence-electron chi connectivity index (χ1n) is 4.24. The molecule has 6 heteroatoms. The van der Waals surface area contributed by atoms with Gasteiger partial charge < -0.3 is 0 Å². The standard InChI is InChI=1S/C10H7F3N2O/c1-7-4-2-3-5-8(7)15(6-14)9(16)10(11,12)13/h2-5H,1H3. The molecule has 1 aromatic rings. The molecule has 3 nitrogen and oxygen atoms in total. The number of anilines is 1. The molecule has 1 rings (SSSR count). The molecule has 0 aromatic heterocycles. The van der Waals surface area contributed by atoms with Gasteiger partial charge in [0.15, 0.2) is 6.19 Å². The second-order valence-electron chi connectivity index (χ2n) is 3.02. The van der Waals surface area contributed by atoms with Crippen molar-refractivity contribution in [2.75, 3.05) is 4.90 Å². The van der Waals surface area contributed by atoms with E-state index in [1.165, 1.54) is 31.3 Å². The monoisotopic (exact) mass is 228 g/mol. The SMILES string of the molecule is Cc1ccccc1N(C#N)C(=O)C(F)(F)F. The molecule has 0 saturated heterocycles. The molecular weight excluding hydrogens is 221 g/mol. The number of alkyl halides is 3. The molecule has 0 radical (unpaired) electrons. The fraction of sp³-hybridized carbons (Fsp3) is 0.200. The van der Waals surface area contributed by atoms with Crippen LogP contribution in [0.4, 0.5) is 18.9 Å². The molecule has 0 aliphatic rings. The van der Waals surface area contributed by atoms with Crippen LogP contribution < -0.4 is 4.90 Å². The summed E-state index contributed by atoms with van der Waals surface area (Å²) >= 11 is 0. The second kappa shape index (κ2) is 4.23. The first kappa shape index (κ1) is 12.0. The third-order valence-electron chi connectivity index (χ3n) is 1.90. The average Bonchev–Trinajstić information content (AvgIpc) is 2.20. The van der Waals surface area contributed by atoms with E-state index in [1.54, 1.807) is 6.07 Å². The van der Waals surface area contributed by atoms with Crippen molar-refractivity contribution in [3.63, 3.8) is 0 Å². The predicted molar refractivity (Wildman–Crippen MR) is 50.3 cm³/mol. The van der Waals surface area contributed by atoms with Gasteiger partial charge in [-0.3, -0.25) is 4.79 Å². The van der Waals surface area contributed by atoms with Gasteiger partial charge >= 0.3 is 12.1 Å². The molecule has 84 valence electrons. The lowest BCUT2D eigenvalue weighted by molar-refractivity contribution is -0.169. The first-order valence-corrected chi connectivity index (χ1v) is 4.24. The van der Waals surface area contributed by atoms with E-state index in [0.717, 1.165) is 0 Å². The number of rotatable bonds is 1. The number of nitrogens with zero attached hydrogens (tertiary/aromatic N) is 2. The molecule has 16 heavy (non-hydrogen) atoms. The van der Waals surface area contributed by atoms with Crippen LogP contribution in [-0.4, -0.2) is 12.1 Å². The Bertz CT molecular complexity index is 448. The summed E-state index contributed by atoms with van der Waals surface area (Å²) in [5.41, 5.74) is 0.356. The summed E-state index contributed by atoms with van der Waals surface area (Å²) in [5.74, 6) is -2.19. The molecule has 0 atom stereocenters. The summed E-state index contributed by atoms with van der Waals surface area (Å²) in [6, 6.07) is 5.86. The van der Waals surface area contributed by atoms with Crippen molar-refractivity contribution in [1.82, 2.24) is 0 Å². The van der Waals surface area contributed by atoms with Crippen LogP contribution in [0.2, 0.25) is 0 Å². The van der Waals surface area contributed by atoms with Crippen molar-refractivity contribution in [3.05, 3.63) is 29.8 Å². The highest BCUT2D eigenvalue weighted by atomic mass is 19.4. The van der Waals surface area contributed by atoms with E-state index in [0.29, 0.717) is 5.56 Å². The third kappa shape index (κ3) is 2.31. The largest absolute Gasteiger partial charge is 0.472 e. The second-order valence-corrected chi connectivity index (χ2v) is 3.02. The van der Waals surface area contributed by atoms with Gasteiger partial charge in [-0.25, -0.2) is 4.90 Å². The lowest BCUT2D eigenvalue weighted by Crippen LogP contribution is -2.38. The van der Waals surface area contributed by atoms with E-state index in [1.807, 2.05) is 0 Å². The molecule has 0 N–H and O–H groups in total. The Morgan fingerprint density at radius 2 is 1.94 bits per heavy atom. The predicted octanol–water partition coefficient (Wildman–Crippen LogP) is 2.37. The Kier molecular flexibility index (Phi) is 3.18. The van der Waals surface area contributed by atoms with Crippen molar-refractivity contribution in [2.45, 2.75) is 13.1 Å². The number of para-hydroxylation sites is 1. The van der Waals surface area contributed by atoms with Crippen LogP contribution in [0.5, 0.6) is 0 Å². The lowest BCUT2D eigenvalue weighted by atomic mass is 10.2. The fourth-order valence-electron chi connectivity index (χ4n) is 1.15. The van der Waals surface area contributed by atoms with Crippen LogP contribution in [0.25, 0.3) is 0 Å². The van der Waals surface area contributed by atoms with Gasteiger partial charge in [0.25, 0.3) is 0 Å². The Hall–Kier alpha value is -2.03. The number of carbonyl (C=O) groups is 1. The Morgan fingerprint density at radius 1 is 1.38 bits per heavy atom. The van der Waals surface area contributed by atoms with Crippen molar-refractivity contribution < 1.29 is 18.0 Å². The quantitative estimate of drug-likeness (QED) is 0.547. The third-order valence-corrected chi connectivity index (χ3v) is 1.90. The van der Waals surface area contributed by atoms with Crippen molar-refractivity contribution in [3.8, 4) is 6.19 Å². The summed E-state index contributed by atoms with van der Waals surface area (Å²) in [5, 5.41) is 8.59. The van der Waals surface area contributed by atoms with E-state index in [4.69, 9.17) is 5.26 Å². The van der Waals surface area contributed by atoms with Crippen molar-refractivity contribution in [1.29, 1.82) is 5.26 Å². The van der Waals surface area contributed by atoms with Gasteiger partial charge in [0.1, 0.15) is 0 Å². The van der Waals surface area contributed by atoms with E-state index in [-0.39, 0.29) is 10.6 Å².